The van der Waals surface area contributed by atoms with Crippen molar-refractivity contribution in [2.45, 2.75) is 31.3 Å². The Hall–Kier alpha value is -0.570. The highest BCUT2D eigenvalue weighted by Crippen LogP contribution is 2.41. The van der Waals surface area contributed by atoms with Gasteiger partial charge in [0.05, 0.1) is 0 Å². The predicted molar refractivity (Wildman–Crippen MR) is 76.0 cm³/mol. The van der Waals surface area contributed by atoms with Crippen LogP contribution in [-0.4, -0.2) is 31.1 Å². The number of benzene rings is 1. The molecular weight excluding hydrogens is 244 g/mol. The van der Waals surface area contributed by atoms with Gasteiger partial charge >= 0.3 is 0 Å². The van der Waals surface area contributed by atoms with E-state index in [1.165, 1.54) is 37.9 Å². The Morgan fingerprint density at radius 1 is 1.22 bits per heavy atom. The van der Waals surface area contributed by atoms with Gasteiger partial charge in [0.1, 0.15) is 0 Å². The molecule has 1 N–H and O–H groups in total. The normalized spacial score (nSPS) is 26.4. The average Bonchev–Trinajstić information content (AvgIpc) is 3.12. The molecule has 98 valence electrons. The van der Waals surface area contributed by atoms with Gasteiger partial charge in [-0.05, 0) is 56.5 Å². The van der Waals surface area contributed by atoms with E-state index in [2.05, 4.69) is 29.4 Å². The van der Waals surface area contributed by atoms with Gasteiger partial charge in [0.25, 0.3) is 0 Å². The largest absolute Gasteiger partial charge is 0.306 e. The van der Waals surface area contributed by atoms with Gasteiger partial charge in [-0.1, -0.05) is 23.7 Å². The van der Waals surface area contributed by atoms with Crippen molar-refractivity contribution in [1.82, 2.24) is 10.2 Å². The Bertz CT molecular complexity index is 399. The lowest BCUT2D eigenvalue weighted by Gasteiger charge is -2.23. The van der Waals surface area contributed by atoms with Crippen LogP contribution in [0.15, 0.2) is 24.3 Å². The average molecular weight is 265 g/mol. The summed E-state index contributed by atoms with van der Waals surface area (Å²) in [6, 6.07) is 9.55. The van der Waals surface area contributed by atoms with E-state index >= 15 is 0 Å². The Morgan fingerprint density at radius 3 is 2.50 bits per heavy atom. The summed E-state index contributed by atoms with van der Waals surface area (Å²) >= 11 is 5.97. The minimum atomic E-state index is 0.527. The molecule has 0 aromatic heterocycles. The molecule has 1 heterocycles. The zero-order valence-electron chi connectivity index (χ0n) is 10.9. The van der Waals surface area contributed by atoms with Crippen LogP contribution in [0.5, 0.6) is 0 Å². The van der Waals surface area contributed by atoms with Crippen LogP contribution >= 0.6 is 11.6 Å². The molecule has 1 aromatic carbocycles. The first-order valence-electron chi connectivity index (χ1n) is 6.92. The first-order chi connectivity index (χ1) is 8.72. The van der Waals surface area contributed by atoms with Crippen molar-refractivity contribution in [3.63, 3.8) is 0 Å². The second-order valence-corrected chi connectivity index (χ2v) is 6.22. The molecule has 2 fully saturated rings. The molecule has 2 nitrogen and oxygen atoms in total. The maximum atomic E-state index is 5.97. The van der Waals surface area contributed by atoms with Crippen LogP contribution in [0, 0.1) is 5.92 Å². The van der Waals surface area contributed by atoms with Crippen molar-refractivity contribution in [2.24, 2.45) is 5.92 Å². The zero-order chi connectivity index (χ0) is 12.5. The van der Waals surface area contributed by atoms with Gasteiger partial charge in [-0.3, -0.25) is 0 Å². The summed E-state index contributed by atoms with van der Waals surface area (Å²) in [6.07, 6.45) is 4.00. The summed E-state index contributed by atoms with van der Waals surface area (Å²) < 4.78 is 0. The molecule has 0 spiro atoms. The first kappa shape index (κ1) is 12.5. The highest BCUT2D eigenvalue weighted by Gasteiger charge is 2.34. The Kier molecular flexibility index (Phi) is 3.60. The van der Waals surface area contributed by atoms with E-state index in [0.717, 1.165) is 10.9 Å². The lowest BCUT2D eigenvalue weighted by Crippen LogP contribution is -2.35. The molecule has 2 atom stereocenters. The Morgan fingerprint density at radius 2 is 1.94 bits per heavy atom. The third kappa shape index (κ3) is 2.87. The van der Waals surface area contributed by atoms with Crippen LogP contribution in [0.2, 0.25) is 5.02 Å². The highest BCUT2D eigenvalue weighted by atomic mass is 35.5. The summed E-state index contributed by atoms with van der Waals surface area (Å²) in [4.78, 5) is 2.41. The molecule has 0 radical (unpaired) electrons. The molecule has 2 unspecified atom stereocenters. The van der Waals surface area contributed by atoms with Gasteiger partial charge in [0, 0.05) is 23.7 Å². The van der Waals surface area contributed by atoms with Crippen LogP contribution < -0.4 is 5.32 Å². The number of nitrogens with one attached hydrogen (secondary N) is 1. The van der Waals surface area contributed by atoms with Crippen molar-refractivity contribution in [3.8, 4) is 0 Å². The van der Waals surface area contributed by atoms with Crippen LogP contribution in [0.3, 0.4) is 0 Å². The minimum Gasteiger partial charge on any atom is -0.306 e. The maximum absolute atomic E-state index is 5.97. The van der Waals surface area contributed by atoms with Gasteiger partial charge in [-0.2, -0.15) is 0 Å². The van der Waals surface area contributed by atoms with Crippen molar-refractivity contribution >= 4 is 11.6 Å². The number of rotatable bonds is 4. The standard InChI is InChI=1S/C15H21ClN2/c1-18-9-8-14(10-18)17-15(11-2-3-11)12-4-6-13(16)7-5-12/h4-7,11,14-15,17H,2-3,8-10H2,1H3. The monoisotopic (exact) mass is 264 g/mol. The lowest BCUT2D eigenvalue weighted by atomic mass is 10.0. The highest BCUT2D eigenvalue weighted by molar-refractivity contribution is 6.30. The van der Waals surface area contributed by atoms with E-state index in [0.29, 0.717) is 12.1 Å². The van der Waals surface area contributed by atoms with Crippen molar-refractivity contribution in [3.05, 3.63) is 34.9 Å². The summed E-state index contributed by atoms with van der Waals surface area (Å²) in [5.41, 5.74) is 1.40. The number of likely N-dealkylation sites (N-methyl/N-ethyl adjacent to an activating group) is 1. The fourth-order valence-electron chi connectivity index (χ4n) is 2.93. The third-order valence-electron chi connectivity index (χ3n) is 4.13. The van der Waals surface area contributed by atoms with E-state index < -0.39 is 0 Å². The number of nitrogens with zero attached hydrogens (tertiary/aromatic N) is 1. The van der Waals surface area contributed by atoms with Gasteiger partial charge in [0.2, 0.25) is 0 Å². The molecule has 2 aliphatic rings. The minimum absolute atomic E-state index is 0.527. The topological polar surface area (TPSA) is 15.3 Å². The van der Waals surface area contributed by atoms with Gasteiger partial charge in [-0.25, -0.2) is 0 Å². The summed E-state index contributed by atoms with van der Waals surface area (Å²) in [5.74, 6) is 0.831. The molecule has 1 saturated carbocycles. The quantitative estimate of drug-likeness (QED) is 0.899. The van der Waals surface area contributed by atoms with Crippen molar-refractivity contribution < 1.29 is 0 Å². The van der Waals surface area contributed by atoms with Gasteiger partial charge in [0.15, 0.2) is 0 Å². The number of halogens is 1. The van der Waals surface area contributed by atoms with Crippen LogP contribution in [0.1, 0.15) is 30.9 Å². The van der Waals surface area contributed by atoms with E-state index in [4.69, 9.17) is 11.6 Å². The predicted octanol–water partition coefficient (Wildman–Crippen LogP) is 3.08. The first-order valence-corrected chi connectivity index (χ1v) is 7.30. The van der Waals surface area contributed by atoms with Crippen LogP contribution in [0.4, 0.5) is 0 Å². The number of hydrogen-bond acceptors (Lipinski definition) is 2. The fraction of sp³-hybridized carbons (Fsp3) is 0.600. The maximum Gasteiger partial charge on any atom is 0.0406 e. The number of likely N-dealkylation sites (tertiary alicyclic amines) is 1. The molecule has 0 bridgehead atoms. The molecule has 1 aliphatic carbocycles. The smallest absolute Gasteiger partial charge is 0.0406 e. The molecule has 3 rings (SSSR count). The molecule has 3 heteroatoms. The molecular formula is C15H21ClN2. The Labute approximate surface area is 114 Å². The summed E-state index contributed by atoms with van der Waals surface area (Å²) in [7, 11) is 2.20. The summed E-state index contributed by atoms with van der Waals surface area (Å²) in [6.45, 7) is 2.40. The van der Waals surface area contributed by atoms with Crippen molar-refractivity contribution in [1.29, 1.82) is 0 Å². The molecule has 1 saturated heterocycles. The van der Waals surface area contributed by atoms with Gasteiger partial charge < -0.3 is 10.2 Å². The molecule has 18 heavy (non-hydrogen) atoms. The van der Waals surface area contributed by atoms with Gasteiger partial charge in [-0.15, -0.1) is 0 Å². The summed E-state index contributed by atoms with van der Waals surface area (Å²) in [5, 5.41) is 4.69. The Balaban J connectivity index is 1.70. The van der Waals surface area contributed by atoms with E-state index in [1.807, 2.05) is 12.1 Å². The van der Waals surface area contributed by atoms with E-state index in [-0.39, 0.29) is 0 Å². The SMILES string of the molecule is CN1CCC(NC(c2ccc(Cl)cc2)C2CC2)C1. The molecule has 0 amide bonds. The second-order valence-electron chi connectivity index (χ2n) is 5.78. The zero-order valence-corrected chi connectivity index (χ0v) is 11.7. The van der Waals surface area contributed by atoms with Crippen molar-refractivity contribution in [2.75, 3.05) is 20.1 Å². The van der Waals surface area contributed by atoms with E-state index in [9.17, 15) is 0 Å². The van der Waals surface area contributed by atoms with E-state index in [1.54, 1.807) is 0 Å². The van der Waals surface area contributed by atoms with Crippen LogP contribution in [0.25, 0.3) is 0 Å². The molecule has 1 aliphatic heterocycles. The third-order valence-corrected chi connectivity index (χ3v) is 4.38. The van der Waals surface area contributed by atoms with Crippen LogP contribution in [-0.2, 0) is 0 Å². The number of hydrogen-bond donors (Lipinski definition) is 1. The molecule has 1 aromatic rings. The second kappa shape index (κ2) is 5.20. The fourth-order valence-corrected chi connectivity index (χ4v) is 3.06. The lowest BCUT2D eigenvalue weighted by molar-refractivity contribution is 0.369.